The number of esters is 1. The quantitative estimate of drug-likeness (QED) is 0.882. The average molecular weight is 305 g/mol. The molecule has 0 spiro atoms. The van der Waals surface area contributed by atoms with Crippen molar-refractivity contribution in [1.29, 1.82) is 0 Å². The van der Waals surface area contributed by atoms with Crippen LogP contribution in [0.1, 0.15) is 25.6 Å². The number of ether oxygens (including phenoxy) is 2. The predicted molar refractivity (Wildman–Crippen MR) is 81.3 cm³/mol. The van der Waals surface area contributed by atoms with Crippen LogP contribution in [0, 0.1) is 6.92 Å². The van der Waals surface area contributed by atoms with Gasteiger partial charge >= 0.3 is 5.97 Å². The molecule has 6 heteroatoms. The Hall–Kier alpha value is -2.34. The van der Waals surface area contributed by atoms with Crippen LogP contribution in [0.3, 0.4) is 0 Å². The molecular formula is C15H15NO4S. The van der Waals surface area contributed by atoms with Crippen LogP contribution in [0.2, 0.25) is 0 Å². The molecule has 110 valence electrons. The Morgan fingerprint density at radius 2 is 1.81 bits per heavy atom. The van der Waals surface area contributed by atoms with E-state index in [0.29, 0.717) is 21.9 Å². The first-order valence-corrected chi connectivity index (χ1v) is 7.06. The van der Waals surface area contributed by atoms with E-state index < -0.39 is 5.97 Å². The molecule has 1 heterocycles. The van der Waals surface area contributed by atoms with Gasteiger partial charge in [0.25, 0.3) is 5.91 Å². The molecule has 0 aliphatic carbocycles. The highest BCUT2D eigenvalue weighted by molar-refractivity contribution is 7.12. The third-order valence-corrected chi connectivity index (χ3v) is 4.01. The number of carbonyl (C=O) groups excluding carboxylic acids is 2. The number of carbonyl (C=O) groups is 2. The number of thiophene rings is 1. The highest BCUT2D eigenvalue weighted by atomic mass is 32.1. The first-order chi connectivity index (χ1) is 10.1. The second kappa shape index (κ2) is 6.41. The third kappa shape index (κ3) is 3.22. The van der Waals surface area contributed by atoms with E-state index in [9.17, 15) is 9.59 Å². The number of aryl methyl sites for hydroxylation is 1. The second-order valence-electron chi connectivity index (χ2n) is 4.30. The molecule has 0 saturated carbocycles. The molecule has 0 radical (unpaired) electrons. The van der Waals surface area contributed by atoms with E-state index in [1.807, 2.05) is 6.92 Å². The summed E-state index contributed by atoms with van der Waals surface area (Å²) in [4.78, 5) is 24.3. The van der Waals surface area contributed by atoms with Crippen LogP contribution in [-0.4, -0.2) is 26.1 Å². The molecule has 5 nitrogen and oxygen atoms in total. The van der Waals surface area contributed by atoms with Crippen LogP contribution in [0.4, 0.5) is 5.69 Å². The zero-order valence-corrected chi connectivity index (χ0v) is 12.7. The Morgan fingerprint density at radius 3 is 2.38 bits per heavy atom. The summed E-state index contributed by atoms with van der Waals surface area (Å²) in [5.41, 5.74) is 1.80. The van der Waals surface area contributed by atoms with Gasteiger partial charge in [-0.05, 0) is 42.1 Å². The Kier molecular flexibility index (Phi) is 4.59. The summed E-state index contributed by atoms with van der Waals surface area (Å²) < 4.78 is 9.76. The molecule has 21 heavy (non-hydrogen) atoms. The monoisotopic (exact) mass is 305 g/mol. The average Bonchev–Trinajstić information content (AvgIpc) is 2.87. The summed E-state index contributed by atoms with van der Waals surface area (Å²) in [6.45, 7) is 1.83. The molecule has 0 bridgehead atoms. The largest absolute Gasteiger partial charge is 0.497 e. The molecule has 1 N–H and O–H groups in total. The van der Waals surface area contributed by atoms with Crippen LogP contribution in [-0.2, 0) is 4.74 Å². The van der Waals surface area contributed by atoms with Crippen molar-refractivity contribution in [3.8, 4) is 5.75 Å². The van der Waals surface area contributed by atoms with Gasteiger partial charge in [0.05, 0.1) is 19.9 Å². The van der Waals surface area contributed by atoms with E-state index in [-0.39, 0.29) is 5.91 Å². The number of benzene rings is 1. The van der Waals surface area contributed by atoms with Gasteiger partial charge in [0, 0.05) is 5.56 Å². The number of hydrogen-bond acceptors (Lipinski definition) is 5. The van der Waals surface area contributed by atoms with E-state index >= 15 is 0 Å². The topological polar surface area (TPSA) is 64.6 Å². The van der Waals surface area contributed by atoms with Crippen molar-refractivity contribution in [2.75, 3.05) is 19.5 Å². The van der Waals surface area contributed by atoms with E-state index in [1.165, 1.54) is 18.4 Å². The summed E-state index contributed by atoms with van der Waals surface area (Å²) in [7, 11) is 2.87. The molecule has 0 unspecified atom stereocenters. The number of anilines is 1. The van der Waals surface area contributed by atoms with E-state index in [0.717, 1.165) is 5.56 Å². The molecular weight excluding hydrogens is 290 g/mol. The number of amides is 1. The first-order valence-electron chi connectivity index (χ1n) is 6.18. The first kappa shape index (κ1) is 15.1. The van der Waals surface area contributed by atoms with Crippen LogP contribution < -0.4 is 10.1 Å². The Morgan fingerprint density at radius 1 is 1.14 bits per heavy atom. The highest BCUT2D eigenvalue weighted by Crippen LogP contribution is 2.28. The maximum absolute atomic E-state index is 12.2. The lowest BCUT2D eigenvalue weighted by molar-refractivity contribution is 0.0607. The SMILES string of the molecule is COC(=O)c1scc(C)c1NC(=O)c1ccc(OC)cc1. The van der Waals surface area contributed by atoms with Crippen molar-refractivity contribution in [2.45, 2.75) is 6.92 Å². The summed E-state index contributed by atoms with van der Waals surface area (Å²) in [5, 5.41) is 4.56. The van der Waals surface area contributed by atoms with Crippen LogP contribution in [0.5, 0.6) is 5.75 Å². The normalized spacial score (nSPS) is 10.0. The lowest BCUT2D eigenvalue weighted by atomic mass is 10.2. The van der Waals surface area contributed by atoms with Gasteiger partial charge in [-0.2, -0.15) is 0 Å². The number of rotatable bonds is 4. The maximum Gasteiger partial charge on any atom is 0.350 e. The smallest absolute Gasteiger partial charge is 0.350 e. The molecule has 0 saturated heterocycles. The number of nitrogens with one attached hydrogen (secondary N) is 1. The van der Waals surface area contributed by atoms with Crippen molar-refractivity contribution in [3.05, 3.63) is 45.6 Å². The van der Waals surface area contributed by atoms with Crippen molar-refractivity contribution < 1.29 is 19.1 Å². The highest BCUT2D eigenvalue weighted by Gasteiger charge is 2.19. The third-order valence-electron chi connectivity index (χ3n) is 2.94. The van der Waals surface area contributed by atoms with Gasteiger partial charge in [-0.25, -0.2) is 4.79 Å². The molecule has 2 aromatic rings. The Labute approximate surface area is 126 Å². The maximum atomic E-state index is 12.2. The molecule has 2 rings (SSSR count). The fourth-order valence-corrected chi connectivity index (χ4v) is 2.69. The Balaban J connectivity index is 2.23. The molecule has 0 atom stereocenters. The molecule has 0 aliphatic rings. The van der Waals surface area contributed by atoms with Crippen LogP contribution in [0.15, 0.2) is 29.6 Å². The van der Waals surface area contributed by atoms with E-state index in [4.69, 9.17) is 9.47 Å². The van der Waals surface area contributed by atoms with Crippen molar-refractivity contribution >= 4 is 28.9 Å². The minimum absolute atomic E-state index is 0.288. The van der Waals surface area contributed by atoms with Crippen molar-refractivity contribution in [1.82, 2.24) is 0 Å². The zero-order valence-electron chi connectivity index (χ0n) is 11.9. The minimum Gasteiger partial charge on any atom is -0.497 e. The second-order valence-corrected chi connectivity index (χ2v) is 5.18. The molecule has 1 aromatic carbocycles. The Bertz CT molecular complexity index is 661. The van der Waals surface area contributed by atoms with Gasteiger partial charge in [-0.15, -0.1) is 11.3 Å². The number of hydrogen-bond donors (Lipinski definition) is 1. The van der Waals surface area contributed by atoms with Gasteiger partial charge in [0.2, 0.25) is 0 Å². The predicted octanol–water partition coefficient (Wildman–Crippen LogP) is 3.10. The number of methoxy groups -OCH3 is 2. The van der Waals surface area contributed by atoms with E-state index in [2.05, 4.69) is 5.32 Å². The van der Waals surface area contributed by atoms with Crippen molar-refractivity contribution in [3.63, 3.8) is 0 Å². The van der Waals surface area contributed by atoms with Gasteiger partial charge < -0.3 is 14.8 Å². The lowest BCUT2D eigenvalue weighted by Gasteiger charge is -2.08. The van der Waals surface area contributed by atoms with Crippen LogP contribution >= 0.6 is 11.3 Å². The van der Waals surface area contributed by atoms with E-state index in [1.54, 1.807) is 36.8 Å². The van der Waals surface area contributed by atoms with Crippen molar-refractivity contribution in [2.24, 2.45) is 0 Å². The fraction of sp³-hybridized carbons (Fsp3) is 0.200. The molecule has 1 amide bonds. The summed E-state index contributed by atoms with van der Waals surface area (Å²) >= 11 is 1.24. The van der Waals surface area contributed by atoms with Gasteiger partial charge in [0.15, 0.2) is 0 Å². The summed E-state index contributed by atoms with van der Waals surface area (Å²) in [6, 6.07) is 6.73. The standard InChI is InChI=1S/C15H15NO4S/c1-9-8-21-13(15(18)20-3)12(9)16-14(17)10-4-6-11(19-2)7-5-10/h4-8H,1-3H3,(H,16,17). The van der Waals surface area contributed by atoms with Gasteiger partial charge in [0.1, 0.15) is 10.6 Å². The fourth-order valence-electron chi connectivity index (χ4n) is 1.77. The summed E-state index contributed by atoms with van der Waals surface area (Å²) in [5.74, 6) is -0.0732. The van der Waals surface area contributed by atoms with Gasteiger partial charge in [-0.1, -0.05) is 0 Å². The zero-order chi connectivity index (χ0) is 15.4. The molecule has 0 fully saturated rings. The molecule has 1 aromatic heterocycles. The lowest BCUT2D eigenvalue weighted by Crippen LogP contribution is -2.14. The van der Waals surface area contributed by atoms with Gasteiger partial charge in [-0.3, -0.25) is 4.79 Å². The van der Waals surface area contributed by atoms with Crippen LogP contribution in [0.25, 0.3) is 0 Å². The molecule has 0 aliphatic heterocycles. The summed E-state index contributed by atoms with van der Waals surface area (Å²) in [6.07, 6.45) is 0. The minimum atomic E-state index is -0.460.